The molecule has 1 aliphatic carbocycles. The second-order valence-electron chi connectivity index (χ2n) is 3.67. The van der Waals surface area contributed by atoms with Crippen molar-refractivity contribution in [1.29, 1.82) is 0 Å². The van der Waals surface area contributed by atoms with E-state index in [1.807, 2.05) is 24.3 Å². The molecule has 0 heterocycles. The number of hydrogen-bond acceptors (Lipinski definition) is 2. The zero-order chi connectivity index (χ0) is 10.5. The molecule has 15 heavy (non-hydrogen) atoms. The quantitative estimate of drug-likeness (QED) is 0.787. The molecule has 1 unspecified atom stereocenters. The summed E-state index contributed by atoms with van der Waals surface area (Å²) >= 11 is 0. The van der Waals surface area contributed by atoms with E-state index >= 15 is 0 Å². The maximum Gasteiger partial charge on any atom is 0.109 e. The number of aliphatic hydroxyl groups is 1. The van der Waals surface area contributed by atoms with Gasteiger partial charge in [0.2, 0.25) is 0 Å². The summed E-state index contributed by atoms with van der Waals surface area (Å²) in [7, 11) is 0. The van der Waals surface area contributed by atoms with Crippen LogP contribution in [0, 0.1) is 0 Å². The van der Waals surface area contributed by atoms with Gasteiger partial charge in [-0.1, -0.05) is 42.5 Å². The molecule has 1 aromatic rings. The van der Waals surface area contributed by atoms with E-state index in [0.29, 0.717) is 5.76 Å². The average molecular weight is 201 g/mol. The molecule has 1 aliphatic rings. The van der Waals surface area contributed by atoms with Crippen molar-refractivity contribution in [3.05, 3.63) is 59.9 Å². The Kier molecular flexibility index (Phi) is 3.20. The third kappa shape index (κ3) is 2.70. The van der Waals surface area contributed by atoms with Gasteiger partial charge in [0.1, 0.15) is 5.76 Å². The van der Waals surface area contributed by atoms with Crippen molar-refractivity contribution in [1.82, 2.24) is 5.32 Å². The SMILES string of the molecule is OC1=CC=CCC1NCc1ccccc1. The fourth-order valence-electron chi connectivity index (χ4n) is 1.64. The lowest BCUT2D eigenvalue weighted by Gasteiger charge is -2.18. The van der Waals surface area contributed by atoms with Crippen LogP contribution in [0.25, 0.3) is 0 Å². The van der Waals surface area contributed by atoms with Gasteiger partial charge in [0.15, 0.2) is 0 Å². The van der Waals surface area contributed by atoms with E-state index in [1.54, 1.807) is 6.08 Å². The Labute approximate surface area is 89.9 Å². The highest BCUT2D eigenvalue weighted by Crippen LogP contribution is 2.11. The topological polar surface area (TPSA) is 32.3 Å². The molecule has 0 aromatic heterocycles. The molecule has 2 rings (SSSR count). The van der Waals surface area contributed by atoms with Crippen molar-refractivity contribution in [3.63, 3.8) is 0 Å². The lowest BCUT2D eigenvalue weighted by molar-refractivity contribution is 0.336. The Morgan fingerprint density at radius 1 is 1.27 bits per heavy atom. The number of aliphatic hydroxyl groups excluding tert-OH is 1. The minimum Gasteiger partial charge on any atom is -0.511 e. The van der Waals surface area contributed by atoms with E-state index < -0.39 is 0 Å². The van der Waals surface area contributed by atoms with Crippen LogP contribution in [0.2, 0.25) is 0 Å². The first-order valence-corrected chi connectivity index (χ1v) is 5.19. The third-order valence-electron chi connectivity index (χ3n) is 2.53. The number of allylic oxidation sites excluding steroid dienone is 2. The average Bonchev–Trinajstić information content (AvgIpc) is 2.29. The first-order chi connectivity index (χ1) is 7.36. The Balaban J connectivity index is 1.89. The molecule has 2 nitrogen and oxygen atoms in total. The summed E-state index contributed by atoms with van der Waals surface area (Å²) in [6.45, 7) is 0.789. The molecule has 0 spiro atoms. The zero-order valence-electron chi connectivity index (χ0n) is 8.56. The van der Waals surface area contributed by atoms with Crippen LogP contribution in [0.1, 0.15) is 12.0 Å². The summed E-state index contributed by atoms with van der Waals surface area (Å²) < 4.78 is 0. The summed E-state index contributed by atoms with van der Waals surface area (Å²) in [4.78, 5) is 0. The summed E-state index contributed by atoms with van der Waals surface area (Å²) in [5.41, 5.74) is 1.24. The predicted molar refractivity (Wildman–Crippen MR) is 61.5 cm³/mol. The number of benzene rings is 1. The van der Waals surface area contributed by atoms with Gasteiger partial charge < -0.3 is 10.4 Å². The van der Waals surface area contributed by atoms with Crippen LogP contribution >= 0.6 is 0 Å². The van der Waals surface area contributed by atoms with E-state index in [2.05, 4.69) is 23.5 Å². The number of nitrogens with one attached hydrogen (secondary N) is 1. The molecule has 1 atom stereocenters. The number of rotatable bonds is 3. The molecule has 0 saturated carbocycles. The molecule has 0 amide bonds. The summed E-state index contributed by atoms with van der Waals surface area (Å²) in [6.07, 6.45) is 6.54. The minimum absolute atomic E-state index is 0.0650. The van der Waals surface area contributed by atoms with Gasteiger partial charge in [0, 0.05) is 6.54 Å². The maximum atomic E-state index is 9.59. The first kappa shape index (κ1) is 9.99. The van der Waals surface area contributed by atoms with Gasteiger partial charge in [-0.05, 0) is 18.1 Å². The third-order valence-corrected chi connectivity index (χ3v) is 2.53. The summed E-state index contributed by atoms with van der Waals surface area (Å²) in [5.74, 6) is 0.424. The monoisotopic (exact) mass is 201 g/mol. The van der Waals surface area contributed by atoms with Crippen LogP contribution in [-0.2, 0) is 6.54 Å². The van der Waals surface area contributed by atoms with Gasteiger partial charge in [-0.15, -0.1) is 0 Å². The molecule has 0 bridgehead atoms. The van der Waals surface area contributed by atoms with Gasteiger partial charge in [-0.25, -0.2) is 0 Å². The molecular formula is C13H15NO. The second kappa shape index (κ2) is 4.80. The van der Waals surface area contributed by atoms with E-state index in [9.17, 15) is 5.11 Å². The van der Waals surface area contributed by atoms with E-state index in [0.717, 1.165) is 13.0 Å². The van der Waals surface area contributed by atoms with Crippen LogP contribution in [0.3, 0.4) is 0 Å². The lowest BCUT2D eigenvalue weighted by atomic mass is 10.1. The summed E-state index contributed by atoms with van der Waals surface area (Å²) in [6, 6.07) is 10.3. The first-order valence-electron chi connectivity index (χ1n) is 5.19. The van der Waals surface area contributed by atoms with Crippen molar-refractivity contribution >= 4 is 0 Å². The van der Waals surface area contributed by atoms with Crippen LogP contribution < -0.4 is 5.32 Å². The molecule has 2 heteroatoms. The van der Waals surface area contributed by atoms with Crippen LogP contribution in [0.4, 0.5) is 0 Å². The molecule has 0 aliphatic heterocycles. The molecular weight excluding hydrogens is 186 g/mol. The molecule has 0 fully saturated rings. The van der Waals surface area contributed by atoms with E-state index in [-0.39, 0.29) is 6.04 Å². The van der Waals surface area contributed by atoms with Crippen molar-refractivity contribution in [3.8, 4) is 0 Å². The standard InChI is InChI=1S/C13H15NO/c15-13-9-5-4-8-12(13)14-10-11-6-2-1-3-7-11/h1-7,9,12,14-15H,8,10H2. The van der Waals surface area contributed by atoms with Gasteiger partial charge in [0.25, 0.3) is 0 Å². The van der Waals surface area contributed by atoms with Gasteiger partial charge in [0.05, 0.1) is 6.04 Å². The normalized spacial score (nSPS) is 20.0. The largest absolute Gasteiger partial charge is 0.511 e. The molecule has 1 aromatic carbocycles. The van der Waals surface area contributed by atoms with Crippen LogP contribution in [-0.4, -0.2) is 11.1 Å². The van der Waals surface area contributed by atoms with E-state index in [4.69, 9.17) is 0 Å². The van der Waals surface area contributed by atoms with Crippen molar-refractivity contribution < 1.29 is 5.11 Å². The predicted octanol–water partition coefficient (Wildman–Crippen LogP) is 2.55. The number of hydrogen-bond donors (Lipinski definition) is 2. The van der Waals surface area contributed by atoms with Crippen LogP contribution in [0.5, 0.6) is 0 Å². The fourth-order valence-corrected chi connectivity index (χ4v) is 1.64. The molecule has 0 radical (unpaired) electrons. The lowest BCUT2D eigenvalue weighted by Crippen LogP contribution is -2.30. The smallest absolute Gasteiger partial charge is 0.109 e. The Bertz CT molecular complexity index is 367. The Hall–Kier alpha value is -1.54. The fraction of sp³-hybridized carbons (Fsp3) is 0.231. The minimum atomic E-state index is 0.0650. The summed E-state index contributed by atoms with van der Waals surface area (Å²) in [5, 5.41) is 12.9. The van der Waals surface area contributed by atoms with E-state index in [1.165, 1.54) is 5.56 Å². The van der Waals surface area contributed by atoms with Gasteiger partial charge in [-0.2, -0.15) is 0 Å². The highest BCUT2D eigenvalue weighted by molar-refractivity contribution is 5.20. The van der Waals surface area contributed by atoms with Gasteiger partial charge >= 0.3 is 0 Å². The van der Waals surface area contributed by atoms with Crippen molar-refractivity contribution in [2.75, 3.05) is 0 Å². The highest BCUT2D eigenvalue weighted by atomic mass is 16.3. The maximum absolute atomic E-state index is 9.59. The molecule has 78 valence electrons. The van der Waals surface area contributed by atoms with Gasteiger partial charge in [-0.3, -0.25) is 0 Å². The van der Waals surface area contributed by atoms with Crippen molar-refractivity contribution in [2.45, 2.75) is 19.0 Å². The van der Waals surface area contributed by atoms with Crippen LogP contribution in [0.15, 0.2) is 54.3 Å². The zero-order valence-corrected chi connectivity index (χ0v) is 8.56. The Morgan fingerprint density at radius 2 is 2.07 bits per heavy atom. The molecule has 0 saturated heterocycles. The highest BCUT2D eigenvalue weighted by Gasteiger charge is 2.12. The van der Waals surface area contributed by atoms with Crippen molar-refractivity contribution in [2.24, 2.45) is 0 Å². The molecule has 2 N–H and O–H groups in total. The Morgan fingerprint density at radius 3 is 2.80 bits per heavy atom. The second-order valence-corrected chi connectivity index (χ2v) is 3.67.